The second kappa shape index (κ2) is 5.46. The number of hydrogen-bond acceptors (Lipinski definition) is 4. The molecule has 0 spiro atoms. The maximum absolute atomic E-state index is 12.7. The molecule has 0 aliphatic rings. The van der Waals surface area contributed by atoms with Gasteiger partial charge in [0, 0.05) is 5.02 Å². The predicted molar refractivity (Wildman–Crippen MR) is 65.4 cm³/mol. The minimum atomic E-state index is -3.06. The van der Waals surface area contributed by atoms with Crippen LogP contribution in [0.3, 0.4) is 0 Å². The van der Waals surface area contributed by atoms with Crippen molar-refractivity contribution in [2.24, 2.45) is 0 Å². The van der Waals surface area contributed by atoms with Crippen LogP contribution in [0.25, 0.3) is 11.5 Å². The van der Waals surface area contributed by atoms with Crippen LogP contribution >= 0.6 is 11.6 Å². The molecule has 0 aliphatic heterocycles. The number of hydrogen-bond donors (Lipinski definition) is 1. The second-order valence-electron chi connectivity index (χ2n) is 3.68. The third-order valence-electron chi connectivity index (χ3n) is 2.45. The molecule has 0 aliphatic carbocycles. The monoisotopic (exact) mass is 303 g/mol. The third kappa shape index (κ3) is 2.57. The summed E-state index contributed by atoms with van der Waals surface area (Å²) in [6, 6.07) is 4.35. The van der Waals surface area contributed by atoms with Crippen LogP contribution in [0.1, 0.15) is 22.7 Å². The zero-order valence-corrected chi connectivity index (χ0v) is 10.8. The lowest BCUT2D eigenvalue weighted by Crippen LogP contribution is -1.99. The van der Waals surface area contributed by atoms with E-state index in [9.17, 15) is 13.6 Å². The number of oxazole rings is 1. The fraction of sp³-hybridized carbons (Fsp3) is 0.167. The Hall–Kier alpha value is -2.15. The van der Waals surface area contributed by atoms with E-state index < -0.39 is 23.8 Å². The Bertz CT molecular complexity index is 657. The summed E-state index contributed by atoms with van der Waals surface area (Å²) in [5.74, 6) is -2.55. The van der Waals surface area contributed by atoms with Crippen molar-refractivity contribution in [1.82, 2.24) is 4.98 Å². The van der Waals surface area contributed by atoms with Crippen molar-refractivity contribution >= 4 is 17.6 Å². The van der Waals surface area contributed by atoms with Gasteiger partial charge in [0.25, 0.3) is 6.43 Å². The molecule has 0 saturated carbocycles. The summed E-state index contributed by atoms with van der Waals surface area (Å²) < 4.78 is 35.4. The van der Waals surface area contributed by atoms with Crippen molar-refractivity contribution in [2.45, 2.75) is 6.43 Å². The molecule has 20 heavy (non-hydrogen) atoms. The van der Waals surface area contributed by atoms with Crippen molar-refractivity contribution in [3.05, 3.63) is 34.7 Å². The number of carboxylic acids is 1. The molecular formula is C12H8ClF2NO4. The molecule has 2 aromatic rings. The van der Waals surface area contributed by atoms with Gasteiger partial charge in [-0.3, -0.25) is 0 Å². The molecule has 5 nitrogen and oxygen atoms in total. The highest BCUT2D eigenvalue weighted by molar-refractivity contribution is 6.30. The first-order valence-corrected chi connectivity index (χ1v) is 5.68. The van der Waals surface area contributed by atoms with Crippen molar-refractivity contribution in [2.75, 3.05) is 7.11 Å². The molecule has 0 bridgehead atoms. The maximum atomic E-state index is 12.7. The number of aromatic nitrogens is 1. The summed E-state index contributed by atoms with van der Waals surface area (Å²) in [5.41, 5.74) is -0.698. The molecule has 1 aromatic heterocycles. The highest BCUT2D eigenvalue weighted by atomic mass is 35.5. The van der Waals surface area contributed by atoms with E-state index in [1.54, 1.807) is 0 Å². The summed E-state index contributed by atoms with van der Waals surface area (Å²) >= 11 is 5.78. The molecule has 0 atom stereocenters. The Morgan fingerprint density at radius 3 is 2.70 bits per heavy atom. The van der Waals surface area contributed by atoms with E-state index in [0.29, 0.717) is 5.02 Å². The van der Waals surface area contributed by atoms with Crippen LogP contribution in [0.4, 0.5) is 8.78 Å². The number of rotatable bonds is 4. The van der Waals surface area contributed by atoms with Gasteiger partial charge in [-0.25, -0.2) is 18.6 Å². The standard InChI is InChI=1S/C12H8ClF2NO4/c1-19-7-4-5(13)2-3-6(7)11-16-8(10(14)15)9(20-11)12(17)18/h2-4,10H,1H3,(H,17,18). The van der Waals surface area contributed by atoms with Gasteiger partial charge in [-0.15, -0.1) is 0 Å². The first kappa shape index (κ1) is 14.3. The lowest BCUT2D eigenvalue weighted by molar-refractivity contribution is 0.0646. The highest BCUT2D eigenvalue weighted by Crippen LogP contribution is 2.34. The van der Waals surface area contributed by atoms with Crippen LogP contribution in [0, 0.1) is 0 Å². The molecule has 1 N–H and O–H groups in total. The fourth-order valence-electron chi connectivity index (χ4n) is 1.59. The van der Waals surface area contributed by atoms with Crippen LogP contribution in [0.2, 0.25) is 5.02 Å². The number of alkyl halides is 2. The van der Waals surface area contributed by atoms with E-state index in [2.05, 4.69) is 4.98 Å². The molecule has 8 heteroatoms. The van der Waals surface area contributed by atoms with E-state index in [4.69, 9.17) is 25.9 Å². The Morgan fingerprint density at radius 2 is 2.20 bits per heavy atom. The van der Waals surface area contributed by atoms with E-state index in [-0.39, 0.29) is 17.2 Å². The van der Waals surface area contributed by atoms with Gasteiger partial charge in [-0.1, -0.05) is 11.6 Å². The third-order valence-corrected chi connectivity index (χ3v) is 2.68. The fourth-order valence-corrected chi connectivity index (χ4v) is 1.75. The summed E-state index contributed by atoms with van der Waals surface area (Å²) in [4.78, 5) is 14.4. The van der Waals surface area contributed by atoms with Crippen molar-refractivity contribution in [3.8, 4) is 17.2 Å². The maximum Gasteiger partial charge on any atom is 0.374 e. The minimum absolute atomic E-state index is 0.228. The molecule has 106 valence electrons. The van der Waals surface area contributed by atoms with E-state index >= 15 is 0 Å². The molecule has 1 heterocycles. The average Bonchev–Trinajstić information content (AvgIpc) is 2.83. The van der Waals surface area contributed by atoms with Crippen molar-refractivity contribution < 1.29 is 27.8 Å². The number of methoxy groups -OCH3 is 1. The topological polar surface area (TPSA) is 72.6 Å². The van der Waals surface area contributed by atoms with Gasteiger partial charge in [0.2, 0.25) is 11.7 Å². The molecule has 0 saturated heterocycles. The highest BCUT2D eigenvalue weighted by Gasteiger charge is 2.27. The number of carbonyl (C=O) groups is 1. The number of aromatic carboxylic acids is 1. The van der Waals surface area contributed by atoms with Crippen LogP contribution < -0.4 is 4.74 Å². The number of halogens is 3. The van der Waals surface area contributed by atoms with Gasteiger partial charge in [0.05, 0.1) is 12.7 Å². The number of ether oxygens (including phenoxy) is 1. The normalized spacial score (nSPS) is 10.8. The summed E-state index contributed by atoms with van der Waals surface area (Å²) in [6.45, 7) is 0. The van der Waals surface area contributed by atoms with Crippen LogP contribution in [-0.4, -0.2) is 23.2 Å². The summed E-state index contributed by atoms with van der Waals surface area (Å²) in [5, 5.41) is 9.19. The smallest absolute Gasteiger partial charge is 0.374 e. The van der Waals surface area contributed by atoms with E-state index in [1.807, 2.05) is 0 Å². The number of benzene rings is 1. The van der Waals surface area contributed by atoms with E-state index in [0.717, 1.165) is 0 Å². The molecule has 0 unspecified atom stereocenters. The molecule has 1 aromatic carbocycles. The number of nitrogens with zero attached hydrogens (tertiary/aromatic N) is 1. The Labute approximate surface area is 116 Å². The second-order valence-corrected chi connectivity index (χ2v) is 4.12. The van der Waals surface area contributed by atoms with Gasteiger partial charge in [0.15, 0.2) is 5.69 Å². The first-order valence-electron chi connectivity index (χ1n) is 5.30. The molecule has 2 rings (SSSR count). The zero-order valence-electron chi connectivity index (χ0n) is 10.1. The van der Waals surface area contributed by atoms with Gasteiger partial charge >= 0.3 is 5.97 Å². The molecule has 0 amide bonds. The van der Waals surface area contributed by atoms with Crippen molar-refractivity contribution in [3.63, 3.8) is 0 Å². The predicted octanol–water partition coefficient (Wildman–Crippen LogP) is 3.64. The van der Waals surface area contributed by atoms with E-state index in [1.165, 1.54) is 25.3 Å². The Balaban J connectivity index is 2.59. The SMILES string of the molecule is COc1cc(Cl)ccc1-c1nc(C(F)F)c(C(=O)O)o1. The molecule has 0 fully saturated rings. The Morgan fingerprint density at radius 1 is 1.50 bits per heavy atom. The first-order chi connectivity index (χ1) is 9.43. The Kier molecular flexibility index (Phi) is 3.89. The van der Waals surface area contributed by atoms with Crippen LogP contribution in [-0.2, 0) is 0 Å². The van der Waals surface area contributed by atoms with Crippen LogP contribution in [0.15, 0.2) is 22.6 Å². The van der Waals surface area contributed by atoms with Gasteiger partial charge in [-0.05, 0) is 18.2 Å². The molecular weight excluding hydrogens is 296 g/mol. The minimum Gasteiger partial charge on any atom is -0.496 e. The van der Waals surface area contributed by atoms with Gasteiger partial charge < -0.3 is 14.3 Å². The van der Waals surface area contributed by atoms with Gasteiger partial charge in [0.1, 0.15) is 5.75 Å². The number of carboxylic acid groups (broad SMARTS) is 1. The zero-order chi connectivity index (χ0) is 14.9. The molecule has 0 radical (unpaired) electrons. The quantitative estimate of drug-likeness (QED) is 0.933. The lowest BCUT2D eigenvalue weighted by Gasteiger charge is -2.05. The van der Waals surface area contributed by atoms with Crippen LogP contribution in [0.5, 0.6) is 5.75 Å². The largest absolute Gasteiger partial charge is 0.496 e. The van der Waals surface area contributed by atoms with Gasteiger partial charge in [-0.2, -0.15) is 0 Å². The summed E-state index contributed by atoms with van der Waals surface area (Å²) in [7, 11) is 1.35. The summed E-state index contributed by atoms with van der Waals surface area (Å²) in [6.07, 6.45) is -3.06. The lowest BCUT2D eigenvalue weighted by atomic mass is 10.2. The van der Waals surface area contributed by atoms with Crippen molar-refractivity contribution in [1.29, 1.82) is 0 Å². The average molecular weight is 304 g/mol.